The number of quaternary nitrogens is 1. The van der Waals surface area contributed by atoms with Gasteiger partial charge in [0.25, 0.3) is 0 Å². The maximum absolute atomic E-state index is 9.73. The van der Waals surface area contributed by atoms with Crippen LogP contribution in [0, 0.1) is 0 Å². The number of aliphatic hydroxyl groups is 1. The van der Waals surface area contributed by atoms with E-state index in [4.69, 9.17) is 11.6 Å². The normalized spacial score (nSPS) is 14.2. The molecule has 1 atom stereocenters. The second-order valence-corrected chi connectivity index (χ2v) is 4.81. The first-order chi connectivity index (χ1) is 7.14. The van der Waals surface area contributed by atoms with Gasteiger partial charge in [0, 0.05) is 0 Å². The zero-order valence-electron chi connectivity index (χ0n) is 10.5. The largest absolute Gasteiger partial charge is 0.386 e. The summed E-state index contributed by atoms with van der Waals surface area (Å²) < 4.78 is 1.04. The van der Waals surface area contributed by atoms with E-state index >= 15 is 0 Å². The Bertz CT molecular complexity index is 136. The Balaban J connectivity index is 4.44. The molecule has 0 aliphatic carbocycles. The van der Waals surface area contributed by atoms with Crippen LogP contribution in [0.3, 0.4) is 0 Å². The minimum absolute atomic E-state index is 0.351. The van der Waals surface area contributed by atoms with E-state index in [0.29, 0.717) is 5.88 Å². The van der Waals surface area contributed by atoms with Gasteiger partial charge >= 0.3 is 0 Å². The van der Waals surface area contributed by atoms with Gasteiger partial charge in [0.1, 0.15) is 12.6 Å². The number of aliphatic hydroxyl groups excluding tert-OH is 1. The van der Waals surface area contributed by atoms with Gasteiger partial charge in [0.15, 0.2) is 0 Å². The van der Waals surface area contributed by atoms with E-state index in [0.717, 1.165) is 30.7 Å². The predicted octanol–water partition coefficient (Wildman–Crippen LogP) is 2.63. The fourth-order valence-electron chi connectivity index (χ4n) is 2.53. The molecule has 0 aromatic rings. The van der Waals surface area contributed by atoms with E-state index in [9.17, 15) is 5.11 Å². The molecule has 15 heavy (non-hydrogen) atoms. The molecule has 2 nitrogen and oxygen atoms in total. The molecule has 0 rings (SSSR count). The van der Waals surface area contributed by atoms with Gasteiger partial charge in [0.2, 0.25) is 0 Å². The molecule has 0 saturated carbocycles. The summed E-state index contributed by atoms with van der Waals surface area (Å²) in [6.07, 6.45) is 3.18. The van der Waals surface area contributed by atoms with Crippen molar-refractivity contribution in [2.45, 2.75) is 46.1 Å². The van der Waals surface area contributed by atoms with Crippen molar-refractivity contribution in [2.75, 3.05) is 32.1 Å². The molecule has 0 heterocycles. The Morgan fingerprint density at radius 1 is 1.00 bits per heavy atom. The van der Waals surface area contributed by atoms with Crippen LogP contribution < -0.4 is 0 Å². The van der Waals surface area contributed by atoms with Crippen molar-refractivity contribution in [1.82, 2.24) is 0 Å². The smallest absolute Gasteiger partial charge is 0.116 e. The van der Waals surface area contributed by atoms with Crippen LogP contribution in [0.2, 0.25) is 0 Å². The minimum atomic E-state index is -0.351. The van der Waals surface area contributed by atoms with Gasteiger partial charge in [-0.05, 0) is 19.3 Å². The van der Waals surface area contributed by atoms with Crippen molar-refractivity contribution >= 4 is 11.6 Å². The molecule has 0 aromatic heterocycles. The quantitative estimate of drug-likeness (QED) is 0.482. The molecular formula is C12H27ClNO+. The molecule has 0 fully saturated rings. The lowest BCUT2D eigenvalue weighted by molar-refractivity contribution is -0.930. The van der Waals surface area contributed by atoms with E-state index in [2.05, 4.69) is 20.8 Å². The minimum Gasteiger partial charge on any atom is -0.386 e. The van der Waals surface area contributed by atoms with Crippen molar-refractivity contribution in [1.29, 1.82) is 0 Å². The number of nitrogens with zero attached hydrogens (tertiary/aromatic N) is 1. The molecule has 0 spiro atoms. The topological polar surface area (TPSA) is 20.2 Å². The van der Waals surface area contributed by atoms with Crippen LogP contribution in [0.4, 0.5) is 0 Å². The van der Waals surface area contributed by atoms with E-state index < -0.39 is 0 Å². The lowest BCUT2D eigenvalue weighted by Gasteiger charge is -2.39. The molecule has 0 aliphatic rings. The maximum atomic E-state index is 9.73. The molecule has 0 aromatic carbocycles. The summed E-state index contributed by atoms with van der Waals surface area (Å²) >= 11 is 5.70. The average molecular weight is 237 g/mol. The first-order valence-corrected chi connectivity index (χ1v) is 6.76. The molecule has 0 radical (unpaired) electrons. The van der Waals surface area contributed by atoms with Crippen molar-refractivity contribution in [3.05, 3.63) is 0 Å². The molecule has 1 N–H and O–H groups in total. The van der Waals surface area contributed by atoms with E-state index in [1.807, 2.05) is 0 Å². The first kappa shape index (κ1) is 15.2. The Labute approximate surface area is 99.8 Å². The average Bonchev–Trinajstić information content (AvgIpc) is 2.18. The van der Waals surface area contributed by atoms with Crippen LogP contribution in [-0.4, -0.2) is 47.8 Å². The van der Waals surface area contributed by atoms with Gasteiger partial charge in [0.05, 0.1) is 25.5 Å². The summed E-state index contributed by atoms with van der Waals surface area (Å²) in [4.78, 5) is 0. The first-order valence-electron chi connectivity index (χ1n) is 6.23. The van der Waals surface area contributed by atoms with Crippen LogP contribution in [0.25, 0.3) is 0 Å². The highest BCUT2D eigenvalue weighted by Gasteiger charge is 2.27. The number of rotatable bonds is 9. The van der Waals surface area contributed by atoms with Crippen molar-refractivity contribution in [2.24, 2.45) is 0 Å². The standard InChI is InChI=1S/C12H27ClNO/c1-4-7-14(8-5-2,9-6-3)11-12(15)10-13/h12,15H,4-11H2,1-3H3/q+1. The number of alkyl halides is 1. The summed E-state index contributed by atoms with van der Waals surface area (Å²) in [5.74, 6) is 0.358. The number of halogens is 1. The zero-order valence-corrected chi connectivity index (χ0v) is 11.3. The zero-order chi connectivity index (χ0) is 11.7. The van der Waals surface area contributed by atoms with Gasteiger partial charge in [-0.25, -0.2) is 0 Å². The highest BCUT2D eigenvalue weighted by Crippen LogP contribution is 2.13. The van der Waals surface area contributed by atoms with Gasteiger partial charge in [-0.1, -0.05) is 20.8 Å². The van der Waals surface area contributed by atoms with Crippen molar-refractivity contribution in [3.8, 4) is 0 Å². The Kier molecular flexibility index (Phi) is 8.49. The molecule has 0 aliphatic heterocycles. The van der Waals surface area contributed by atoms with Crippen molar-refractivity contribution < 1.29 is 9.59 Å². The Morgan fingerprint density at radius 3 is 1.67 bits per heavy atom. The van der Waals surface area contributed by atoms with E-state index in [1.165, 1.54) is 19.3 Å². The summed E-state index contributed by atoms with van der Waals surface area (Å²) in [7, 11) is 0. The van der Waals surface area contributed by atoms with Crippen molar-refractivity contribution in [3.63, 3.8) is 0 Å². The molecule has 0 amide bonds. The fraction of sp³-hybridized carbons (Fsp3) is 1.00. The molecular weight excluding hydrogens is 210 g/mol. The van der Waals surface area contributed by atoms with Crippen LogP contribution >= 0.6 is 11.6 Å². The van der Waals surface area contributed by atoms with Gasteiger partial charge in [-0.15, -0.1) is 11.6 Å². The van der Waals surface area contributed by atoms with E-state index in [1.54, 1.807) is 0 Å². The third-order valence-corrected chi connectivity index (χ3v) is 3.23. The summed E-state index contributed by atoms with van der Waals surface area (Å²) in [5, 5.41) is 9.73. The molecule has 1 unspecified atom stereocenters. The lowest BCUT2D eigenvalue weighted by atomic mass is 10.2. The van der Waals surface area contributed by atoms with E-state index in [-0.39, 0.29) is 6.10 Å². The third-order valence-electron chi connectivity index (χ3n) is 2.87. The Hall–Kier alpha value is 0.210. The molecule has 0 saturated heterocycles. The summed E-state index contributed by atoms with van der Waals surface area (Å²) in [6, 6.07) is 0. The second-order valence-electron chi connectivity index (χ2n) is 4.50. The lowest BCUT2D eigenvalue weighted by Crippen LogP contribution is -2.54. The highest BCUT2D eigenvalue weighted by molar-refractivity contribution is 6.18. The van der Waals surface area contributed by atoms with Gasteiger partial charge in [-0.3, -0.25) is 0 Å². The second kappa shape index (κ2) is 8.37. The van der Waals surface area contributed by atoms with Crippen LogP contribution in [-0.2, 0) is 0 Å². The van der Waals surface area contributed by atoms with Crippen LogP contribution in [0.15, 0.2) is 0 Å². The number of hydrogen-bond donors (Lipinski definition) is 1. The summed E-state index contributed by atoms with van der Waals surface area (Å²) in [6.45, 7) is 10.9. The van der Waals surface area contributed by atoms with Gasteiger partial charge in [-0.2, -0.15) is 0 Å². The highest BCUT2D eigenvalue weighted by atomic mass is 35.5. The summed E-state index contributed by atoms with van der Waals surface area (Å²) in [5.41, 5.74) is 0. The number of hydrogen-bond acceptors (Lipinski definition) is 1. The van der Waals surface area contributed by atoms with Crippen LogP contribution in [0.5, 0.6) is 0 Å². The molecule has 3 heteroatoms. The third kappa shape index (κ3) is 5.74. The van der Waals surface area contributed by atoms with Crippen LogP contribution in [0.1, 0.15) is 40.0 Å². The van der Waals surface area contributed by atoms with Gasteiger partial charge < -0.3 is 9.59 Å². The predicted molar refractivity (Wildman–Crippen MR) is 67.3 cm³/mol. The monoisotopic (exact) mass is 236 g/mol. The maximum Gasteiger partial charge on any atom is 0.116 e. The molecule has 0 bridgehead atoms. The molecule has 92 valence electrons. The SMILES string of the molecule is CCC[N+](CCC)(CCC)CC(O)CCl. The fourth-order valence-corrected chi connectivity index (χ4v) is 2.63. The Morgan fingerprint density at radius 2 is 1.40 bits per heavy atom.